The van der Waals surface area contributed by atoms with Crippen LogP contribution in [0.2, 0.25) is 0 Å². The van der Waals surface area contributed by atoms with Crippen LogP contribution in [-0.4, -0.2) is 22.5 Å². The minimum Gasteiger partial charge on any atom is -1.00 e. The number of hydrogen-bond acceptors (Lipinski definition) is 6. The lowest BCUT2D eigenvalue weighted by Gasteiger charge is -2.55. The van der Waals surface area contributed by atoms with E-state index in [1.54, 1.807) is 17.5 Å². The first-order chi connectivity index (χ1) is 14.4. The van der Waals surface area contributed by atoms with E-state index in [1.165, 1.54) is 29.8 Å². The highest BCUT2D eigenvalue weighted by Crippen LogP contribution is 2.60. The van der Waals surface area contributed by atoms with E-state index in [1.807, 2.05) is 6.92 Å². The number of aromatic nitrogens is 3. The second-order valence-corrected chi connectivity index (χ2v) is 10.7. The van der Waals surface area contributed by atoms with E-state index in [-0.39, 0.29) is 36.2 Å². The summed E-state index contributed by atoms with van der Waals surface area (Å²) in [5, 5.41) is 0. The number of thiazole rings is 1. The Labute approximate surface area is 206 Å². The van der Waals surface area contributed by atoms with Gasteiger partial charge in [-0.25, -0.2) is 9.97 Å². The van der Waals surface area contributed by atoms with Crippen LogP contribution in [0, 0.1) is 37.0 Å². The lowest BCUT2D eigenvalue weighted by Crippen LogP contribution is -3.00. The fourth-order valence-corrected chi connectivity index (χ4v) is 7.39. The molecule has 9 heteroatoms. The van der Waals surface area contributed by atoms with Crippen molar-refractivity contribution in [1.29, 1.82) is 0 Å². The number of carbonyl (C=O) groups excluding carboxylic acids is 1. The highest BCUT2D eigenvalue weighted by molar-refractivity contribution is 7.09. The van der Waals surface area contributed by atoms with Gasteiger partial charge in [0.15, 0.2) is 12.2 Å². The maximum Gasteiger partial charge on any atom is 0.312 e. The van der Waals surface area contributed by atoms with Crippen LogP contribution in [0.25, 0.3) is 0 Å². The molecular weight excluding hydrogens is 467 g/mol. The molecule has 0 saturated heterocycles. The second-order valence-electron chi connectivity index (χ2n) is 9.77. The fraction of sp³-hybridized carbons (Fsp3) is 0.652. The number of hydrogen-bond donors (Lipinski definition) is 1. The van der Waals surface area contributed by atoms with E-state index in [0.717, 1.165) is 49.0 Å². The van der Waals surface area contributed by atoms with Crippen LogP contribution in [-0.2, 0) is 22.5 Å². The van der Waals surface area contributed by atoms with E-state index < -0.39 is 0 Å². The molecule has 2 N–H and O–H groups in total. The summed E-state index contributed by atoms with van der Waals surface area (Å²) in [6.07, 6.45) is 9.80. The van der Waals surface area contributed by atoms with E-state index in [4.69, 9.17) is 10.5 Å². The zero-order valence-corrected chi connectivity index (χ0v) is 21.0. The molecule has 4 aliphatic carbocycles. The Kier molecular flexibility index (Phi) is 7.73. The SMILES string of the molecule is Cc1ncc(C[n+]2csc(CCOC(=O)C34CC5CC(CC(C5)C3)C4)c2C)c(N)n1.[Cl-].[Cl-]. The van der Waals surface area contributed by atoms with Crippen molar-refractivity contribution in [2.45, 2.75) is 65.3 Å². The molecule has 6 nitrogen and oxygen atoms in total. The number of nitrogen functional groups attached to an aromatic ring is 1. The fourth-order valence-electron chi connectivity index (χ4n) is 6.42. The molecule has 2 heterocycles. The number of anilines is 1. The molecule has 0 radical (unpaired) electrons. The summed E-state index contributed by atoms with van der Waals surface area (Å²) in [5.74, 6) is 3.59. The van der Waals surface area contributed by atoms with Gasteiger partial charge in [-0.15, -0.1) is 0 Å². The zero-order valence-electron chi connectivity index (χ0n) is 18.7. The molecule has 0 amide bonds. The number of ether oxygens (including phenoxy) is 1. The highest BCUT2D eigenvalue weighted by Gasteiger charge is 2.55. The topological polar surface area (TPSA) is 82.0 Å². The number of esters is 1. The zero-order chi connectivity index (χ0) is 20.9. The number of aryl methyl sites for hydroxylation is 1. The van der Waals surface area contributed by atoms with Gasteiger partial charge in [0.25, 0.3) is 0 Å². The molecule has 0 atom stereocenters. The summed E-state index contributed by atoms with van der Waals surface area (Å²) in [5.41, 5.74) is 10.1. The smallest absolute Gasteiger partial charge is 0.312 e. The van der Waals surface area contributed by atoms with Gasteiger partial charge in [0.2, 0.25) is 5.51 Å². The third kappa shape index (κ3) is 4.75. The quantitative estimate of drug-likeness (QED) is 0.349. The maximum absolute atomic E-state index is 13.0. The molecule has 4 aliphatic rings. The van der Waals surface area contributed by atoms with Crippen LogP contribution in [0.15, 0.2) is 11.7 Å². The minimum atomic E-state index is -0.165. The van der Waals surface area contributed by atoms with Crippen molar-refractivity contribution < 1.29 is 38.9 Å². The summed E-state index contributed by atoms with van der Waals surface area (Å²) in [6, 6.07) is 0. The van der Waals surface area contributed by atoms with Crippen LogP contribution < -0.4 is 35.1 Å². The number of halogens is 2. The van der Waals surface area contributed by atoms with Gasteiger partial charge in [0.05, 0.1) is 22.5 Å². The predicted octanol–water partition coefficient (Wildman–Crippen LogP) is -2.62. The Balaban J connectivity index is 0.00000144. The van der Waals surface area contributed by atoms with Crippen LogP contribution in [0.4, 0.5) is 5.82 Å². The van der Waals surface area contributed by atoms with E-state index in [2.05, 4.69) is 27.0 Å². The molecule has 0 aliphatic heterocycles. The first-order valence-corrected chi connectivity index (χ1v) is 12.0. The minimum absolute atomic E-state index is 0. The number of rotatable bonds is 6. The Morgan fingerprint density at radius 1 is 1.19 bits per heavy atom. The molecular formula is C23H31Cl2N4O2S-. The normalized spacial score (nSPS) is 27.5. The maximum atomic E-state index is 13.0. The molecule has 2 aromatic heterocycles. The molecule has 2 aromatic rings. The molecule has 0 aromatic carbocycles. The molecule has 32 heavy (non-hydrogen) atoms. The van der Waals surface area contributed by atoms with Gasteiger partial charge in [-0.2, -0.15) is 4.57 Å². The van der Waals surface area contributed by atoms with Gasteiger partial charge in [0.1, 0.15) is 11.6 Å². The lowest BCUT2D eigenvalue weighted by atomic mass is 9.49. The van der Waals surface area contributed by atoms with Gasteiger partial charge in [-0.1, -0.05) is 11.3 Å². The lowest BCUT2D eigenvalue weighted by molar-refractivity contribution is -0.689. The van der Waals surface area contributed by atoms with Gasteiger partial charge in [0, 0.05) is 19.5 Å². The standard InChI is InChI=1S/C23H31N4O2S.2ClH/c1-14-20(30-13-27(14)12-19-11-25-15(2)26-21(19)24)3-4-29-22(28)23-8-16-5-17(9-23)7-18(6-16)10-23;;/h11,13,16-18H,3-10,12H2,1-2H3,(H2,24,25,26);2*1H/q+1;;/p-2. The summed E-state index contributed by atoms with van der Waals surface area (Å²) >= 11 is 1.71. The molecule has 0 spiro atoms. The van der Waals surface area contributed by atoms with Gasteiger partial charge in [-0.05, 0) is 63.2 Å². The van der Waals surface area contributed by atoms with Crippen LogP contribution >= 0.6 is 11.3 Å². The summed E-state index contributed by atoms with van der Waals surface area (Å²) in [6.45, 7) is 5.07. The third-order valence-corrected chi connectivity index (χ3v) is 8.69. The van der Waals surface area contributed by atoms with Crippen molar-refractivity contribution in [3.63, 3.8) is 0 Å². The largest absolute Gasteiger partial charge is 1.00 e. The van der Waals surface area contributed by atoms with Crippen molar-refractivity contribution in [2.24, 2.45) is 23.2 Å². The van der Waals surface area contributed by atoms with E-state index >= 15 is 0 Å². The van der Waals surface area contributed by atoms with Gasteiger partial charge >= 0.3 is 5.97 Å². The number of carbonyl (C=O) groups is 1. The van der Waals surface area contributed by atoms with Crippen LogP contribution in [0.1, 0.15) is 60.5 Å². The molecule has 6 rings (SSSR count). The summed E-state index contributed by atoms with van der Waals surface area (Å²) in [7, 11) is 0. The number of nitrogens with zero attached hydrogens (tertiary/aromatic N) is 3. The molecule has 0 unspecified atom stereocenters. The average molecular weight is 499 g/mol. The van der Waals surface area contributed by atoms with Crippen molar-refractivity contribution in [3.05, 3.63) is 33.7 Å². The number of nitrogens with two attached hydrogens (primary N) is 1. The second kappa shape index (κ2) is 9.82. The van der Waals surface area contributed by atoms with Crippen LogP contribution in [0.3, 0.4) is 0 Å². The molecule has 4 fully saturated rings. The Morgan fingerprint density at radius 3 is 2.41 bits per heavy atom. The molecule has 176 valence electrons. The first-order valence-electron chi connectivity index (χ1n) is 11.1. The summed E-state index contributed by atoms with van der Waals surface area (Å²) < 4.78 is 8.04. The Morgan fingerprint density at radius 2 is 1.81 bits per heavy atom. The third-order valence-electron chi connectivity index (χ3n) is 7.55. The van der Waals surface area contributed by atoms with Crippen molar-refractivity contribution in [2.75, 3.05) is 12.3 Å². The van der Waals surface area contributed by atoms with Gasteiger partial charge in [-0.3, -0.25) is 4.79 Å². The van der Waals surface area contributed by atoms with Crippen molar-refractivity contribution in [3.8, 4) is 0 Å². The molecule has 4 bridgehead atoms. The van der Waals surface area contributed by atoms with E-state index in [0.29, 0.717) is 24.8 Å². The average Bonchev–Trinajstić information content (AvgIpc) is 3.02. The Bertz CT molecular complexity index is 946. The van der Waals surface area contributed by atoms with Crippen LogP contribution in [0.5, 0.6) is 0 Å². The first kappa shape index (κ1) is 25.2. The predicted molar refractivity (Wildman–Crippen MR) is 115 cm³/mol. The van der Waals surface area contributed by atoms with E-state index in [9.17, 15) is 4.79 Å². The Hall–Kier alpha value is -1.44. The summed E-state index contributed by atoms with van der Waals surface area (Å²) in [4.78, 5) is 22.8. The highest BCUT2D eigenvalue weighted by atomic mass is 35.5. The monoisotopic (exact) mass is 497 g/mol. The van der Waals surface area contributed by atoms with Gasteiger partial charge < -0.3 is 35.3 Å². The molecule has 4 saturated carbocycles. The van der Waals surface area contributed by atoms with Crippen molar-refractivity contribution >= 4 is 23.1 Å². The van der Waals surface area contributed by atoms with Crippen molar-refractivity contribution in [1.82, 2.24) is 9.97 Å².